The Hall–Kier alpha value is -3.75. The van der Waals surface area contributed by atoms with Gasteiger partial charge in [0.1, 0.15) is 0 Å². The molecule has 0 bridgehead atoms. The highest BCUT2D eigenvalue weighted by molar-refractivity contribution is 6.05. The predicted octanol–water partition coefficient (Wildman–Crippen LogP) is 3.04. The van der Waals surface area contributed by atoms with Gasteiger partial charge in [-0.05, 0) is 44.2 Å². The van der Waals surface area contributed by atoms with Crippen LogP contribution < -0.4 is 10.6 Å². The summed E-state index contributed by atoms with van der Waals surface area (Å²) in [6, 6.07) is 12.0. The minimum Gasteiger partial charge on any atom is -0.339 e. The molecule has 0 saturated carbocycles. The number of amides is 3. The van der Waals surface area contributed by atoms with Crippen LogP contribution in [0.4, 0.5) is 17.1 Å². The summed E-state index contributed by atoms with van der Waals surface area (Å²) in [7, 11) is 0. The molecule has 2 N–H and O–H groups in total. The smallest absolute Gasteiger partial charge is 0.271 e. The molecule has 1 atom stereocenters. The lowest BCUT2D eigenvalue weighted by Gasteiger charge is -2.20. The molecule has 1 fully saturated rings. The fraction of sp³-hybridized carbons (Fsp3) is 0.286. The van der Waals surface area contributed by atoms with E-state index in [1.807, 2.05) is 13.8 Å². The van der Waals surface area contributed by atoms with Crippen LogP contribution in [-0.4, -0.2) is 40.1 Å². The topological polar surface area (TPSA) is 122 Å². The van der Waals surface area contributed by atoms with Gasteiger partial charge in [0.25, 0.3) is 11.6 Å². The maximum absolute atomic E-state index is 12.5. The minimum atomic E-state index is -0.536. The van der Waals surface area contributed by atoms with Gasteiger partial charge >= 0.3 is 0 Å². The van der Waals surface area contributed by atoms with E-state index in [4.69, 9.17) is 0 Å². The molecule has 1 unspecified atom stereocenters. The van der Waals surface area contributed by atoms with Crippen molar-refractivity contribution >= 4 is 34.8 Å². The lowest BCUT2D eigenvalue weighted by Crippen LogP contribution is -2.33. The van der Waals surface area contributed by atoms with E-state index in [0.717, 1.165) is 0 Å². The van der Waals surface area contributed by atoms with Crippen LogP contribution in [0.1, 0.15) is 30.6 Å². The first-order valence-corrected chi connectivity index (χ1v) is 9.51. The molecule has 156 valence electrons. The van der Waals surface area contributed by atoms with Crippen LogP contribution in [-0.2, 0) is 9.59 Å². The van der Waals surface area contributed by atoms with E-state index in [1.54, 1.807) is 35.2 Å². The second kappa shape index (κ2) is 8.73. The number of anilines is 2. The Kier molecular flexibility index (Phi) is 6.10. The maximum atomic E-state index is 12.5. The van der Waals surface area contributed by atoms with Gasteiger partial charge in [-0.2, -0.15) is 0 Å². The molecule has 1 saturated heterocycles. The Morgan fingerprint density at radius 2 is 1.80 bits per heavy atom. The number of hydrogen-bond donors (Lipinski definition) is 2. The third-order valence-corrected chi connectivity index (χ3v) is 4.88. The molecule has 0 radical (unpaired) electrons. The van der Waals surface area contributed by atoms with Crippen molar-refractivity contribution in [1.82, 2.24) is 4.90 Å². The summed E-state index contributed by atoms with van der Waals surface area (Å²) in [5, 5.41) is 16.2. The minimum absolute atomic E-state index is 0.0293. The van der Waals surface area contributed by atoms with Gasteiger partial charge in [-0.3, -0.25) is 24.5 Å². The fourth-order valence-electron chi connectivity index (χ4n) is 3.26. The summed E-state index contributed by atoms with van der Waals surface area (Å²) < 4.78 is 0. The van der Waals surface area contributed by atoms with Crippen molar-refractivity contribution in [2.45, 2.75) is 26.3 Å². The van der Waals surface area contributed by atoms with Crippen molar-refractivity contribution in [3.05, 3.63) is 64.2 Å². The van der Waals surface area contributed by atoms with Crippen molar-refractivity contribution in [3.8, 4) is 0 Å². The molecule has 0 aliphatic carbocycles. The predicted molar refractivity (Wildman–Crippen MR) is 111 cm³/mol. The summed E-state index contributed by atoms with van der Waals surface area (Å²) in [4.78, 5) is 48.8. The van der Waals surface area contributed by atoms with Crippen LogP contribution in [0.2, 0.25) is 0 Å². The van der Waals surface area contributed by atoms with Gasteiger partial charge in [-0.25, -0.2) is 0 Å². The molecule has 30 heavy (non-hydrogen) atoms. The third kappa shape index (κ3) is 4.80. The summed E-state index contributed by atoms with van der Waals surface area (Å²) in [6.45, 7) is 4.22. The number of likely N-dealkylation sites (tertiary alicyclic amines) is 1. The van der Waals surface area contributed by atoms with E-state index in [2.05, 4.69) is 10.6 Å². The largest absolute Gasteiger partial charge is 0.339 e. The van der Waals surface area contributed by atoms with Crippen LogP contribution in [0.3, 0.4) is 0 Å². The second-order valence-corrected chi connectivity index (χ2v) is 7.37. The van der Waals surface area contributed by atoms with Crippen LogP contribution in [0.25, 0.3) is 0 Å². The quantitative estimate of drug-likeness (QED) is 0.560. The average molecular weight is 410 g/mol. The van der Waals surface area contributed by atoms with Gasteiger partial charge in [0.2, 0.25) is 11.8 Å². The first kappa shape index (κ1) is 21.0. The number of hydrogen-bond acceptors (Lipinski definition) is 5. The van der Waals surface area contributed by atoms with E-state index >= 15 is 0 Å². The molecule has 2 aromatic rings. The summed E-state index contributed by atoms with van der Waals surface area (Å²) in [5.74, 6) is -1.10. The van der Waals surface area contributed by atoms with Crippen molar-refractivity contribution in [1.29, 1.82) is 0 Å². The van der Waals surface area contributed by atoms with Crippen LogP contribution >= 0.6 is 0 Å². The molecule has 9 nitrogen and oxygen atoms in total. The van der Waals surface area contributed by atoms with Gasteiger partial charge in [0, 0.05) is 48.1 Å². The molecule has 1 aliphatic rings. The summed E-state index contributed by atoms with van der Waals surface area (Å²) in [6.07, 6.45) is 0.188. The van der Waals surface area contributed by atoms with Gasteiger partial charge < -0.3 is 15.5 Å². The lowest BCUT2D eigenvalue weighted by atomic mass is 10.1. The highest BCUT2D eigenvalue weighted by atomic mass is 16.6. The Morgan fingerprint density at radius 1 is 1.10 bits per heavy atom. The Bertz CT molecular complexity index is 987. The number of benzene rings is 2. The number of nitrogens with one attached hydrogen (secondary N) is 2. The molecule has 3 rings (SSSR count). The number of nitrogens with zero attached hydrogens (tertiary/aromatic N) is 2. The fourth-order valence-corrected chi connectivity index (χ4v) is 3.26. The molecule has 0 aromatic heterocycles. The summed E-state index contributed by atoms with van der Waals surface area (Å²) >= 11 is 0. The first-order chi connectivity index (χ1) is 14.2. The molecule has 1 heterocycles. The van der Waals surface area contributed by atoms with Gasteiger partial charge in [0.15, 0.2) is 0 Å². The number of carbonyl (C=O) groups is 3. The van der Waals surface area contributed by atoms with Crippen molar-refractivity contribution in [2.75, 3.05) is 17.2 Å². The number of nitro benzene ring substituents is 1. The van der Waals surface area contributed by atoms with Crippen molar-refractivity contribution < 1.29 is 19.3 Å². The molecule has 3 amide bonds. The maximum Gasteiger partial charge on any atom is 0.271 e. The lowest BCUT2D eigenvalue weighted by molar-refractivity contribution is -0.384. The van der Waals surface area contributed by atoms with Crippen LogP contribution in [0.5, 0.6) is 0 Å². The normalized spacial score (nSPS) is 15.9. The molecule has 1 aliphatic heterocycles. The van der Waals surface area contributed by atoms with E-state index < -0.39 is 16.7 Å². The van der Waals surface area contributed by atoms with E-state index in [-0.39, 0.29) is 30.0 Å². The first-order valence-electron chi connectivity index (χ1n) is 9.51. The highest BCUT2D eigenvalue weighted by Crippen LogP contribution is 2.22. The second-order valence-electron chi connectivity index (χ2n) is 7.37. The van der Waals surface area contributed by atoms with E-state index in [1.165, 1.54) is 18.2 Å². The third-order valence-electron chi connectivity index (χ3n) is 4.88. The Morgan fingerprint density at radius 3 is 2.40 bits per heavy atom. The Balaban J connectivity index is 1.60. The molecule has 9 heteroatoms. The Labute approximate surface area is 173 Å². The van der Waals surface area contributed by atoms with Crippen molar-refractivity contribution in [2.24, 2.45) is 5.92 Å². The number of non-ortho nitro benzene ring substituents is 1. The van der Waals surface area contributed by atoms with Crippen molar-refractivity contribution in [3.63, 3.8) is 0 Å². The zero-order valence-corrected chi connectivity index (χ0v) is 16.6. The molecule has 2 aromatic carbocycles. The van der Waals surface area contributed by atoms with Gasteiger partial charge in [0.05, 0.1) is 10.8 Å². The number of rotatable bonds is 6. The monoisotopic (exact) mass is 410 g/mol. The standard InChI is InChI=1S/C21H22N4O5/c1-13(2)24-12-15(10-19(24)26)21(28)22-16-8-6-14(7-9-16)20(27)23-17-4-3-5-18(11-17)25(29)30/h3-9,11,13,15H,10,12H2,1-2H3,(H,22,28)(H,23,27). The summed E-state index contributed by atoms with van der Waals surface area (Å²) in [5.41, 5.74) is 1.04. The number of nitro groups is 1. The van der Waals surface area contributed by atoms with Gasteiger partial charge in [-0.1, -0.05) is 6.07 Å². The molecule has 0 spiro atoms. The van der Waals surface area contributed by atoms with E-state index in [9.17, 15) is 24.5 Å². The highest BCUT2D eigenvalue weighted by Gasteiger charge is 2.35. The van der Waals surface area contributed by atoms with Gasteiger partial charge in [-0.15, -0.1) is 0 Å². The van der Waals surface area contributed by atoms with E-state index in [0.29, 0.717) is 23.5 Å². The SMILES string of the molecule is CC(C)N1CC(C(=O)Nc2ccc(C(=O)Nc3cccc([N+](=O)[O-])c3)cc2)CC1=O. The molecular formula is C21H22N4O5. The average Bonchev–Trinajstić information content (AvgIpc) is 3.11. The van der Waals surface area contributed by atoms with Crippen LogP contribution in [0.15, 0.2) is 48.5 Å². The molecular weight excluding hydrogens is 388 g/mol. The van der Waals surface area contributed by atoms with Crippen LogP contribution in [0, 0.1) is 16.0 Å². The zero-order chi connectivity index (χ0) is 21.8. The zero-order valence-electron chi connectivity index (χ0n) is 16.6. The number of carbonyl (C=O) groups excluding carboxylic acids is 3.